The summed E-state index contributed by atoms with van der Waals surface area (Å²) in [7, 11) is 0. The van der Waals surface area contributed by atoms with E-state index in [4.69, 9.17) is 27.9 Å². The Kier molecular flexibility index (Phi) is 4.92. The lowest BCUT2D eigenvalue weighted by atomic mass is 10.1. The number of hydrogen-bond donors (Lipinski definition) is 0. The van der Waals surface area contributed by atoms with Crippen LogP contribution in [0.25, 0.3) is 0 Å². The van der Waals surface area contributed by atoms with Gasteiger partial charge < -0.3 is 4.74 Å². The van der Waals surface area contributed by atoms with Crippen LogP contribution in [0.1, 0.15) is 18.9 Å². The third kappa shape index (κ3) is 4.10. The van der Waals surface area contributed by atoms with Gasteiger partial charge in [-0.15, -0.1) is 0 Å². The Morgan fingerprint density at radius 2 is 2.13 bits per heavy atom. The SMILES string of the molecule is CCOC(=O)CCc1cc(Cl)ccc1Cl. The fourth-order valence-electron chi connectivity index (χ4n) is 1.20. The Labute approximate surface area is 99.1 Å². The molecule has 0 saturated heterocycles. The highest BCUT2D eigenvalue weighted by molar-refractivity contribution is 6.33. The normalized spacial score (nSPS) is 10.1. The lowest BCUT2D eigenvalue weighted by Gasteiger charge is -2.04. The van der Waals surface area contributed by atoms with Gasteiger partial charge in [-0.1, -0.05) is 23.2 Å². The average Bonchev–Trinajstić information content (AvgIpc) is 2.20. The standard InChI is InChI=1S/C11H12Cl2O2/c1-2-15-11(14)6-3-8-7-9(12)4-5-10(8)13/h4-5,7H,2-3,6H2,1H3. The Hall–Kier alpha value is -0.730. The van der Waals surface area contributed by atoms with Gasteiger partial charge >= 0.3 is 5.97 Å². The number of hydrogen-bond acceptors (Lipinski definition) is 2. The summed E-state index contributed by atoms with van der Waals surface area (Å²) in [6.07, 6.45) is 0.881. The minimum absolute atomic E-state index is 0.214. The van der Waals surface area contributed by atoms with Crippen molar-refractivity contribution in [3.8, 4) is 0 Å². The molecule has 2 nitrogen and oxygen atoms in total. The third-order valence-electron chi connectivity index (χ3n) is 1.91. The highest BCUT2D eigenvalue weighted by Gasteiger charge is 2.06. The molecule has 1 aromatic carbocycles. The van der Waals surface area contributed by atoms with Crippen LogP contribution in [0.2, 0.25) is 10.0 Å². The van der Waals surface area contributed by atoms with Crippen molar-refractivity contribution >= 4 is 29.2 Å². The topological polar surface area (TPSA) is 26.3 Å². The number of esters is 1. The number of ether oxygens (including phenoxy) is 1. The van der Waals surface area contributed by atoms with E-state index in [-0.39, 0.29) is 5.97 Å². The number of aryl methyl sites for hydroxylation is 1. The van der Waals surface area contributed by atoms with Crippen molar-refractivity contribution in [2.75, 3.05) is 6.61 Å². The molecule has 0 spiro atoms. The van der Waals surface area contributed by atoms with E-state index < -0.39 is 0 Å². The van der Waals surface area contributed by atoms with E-state index in [1.165, 1.54) is 0 Å². The molecule has 1 aromatic rings. The molecule has 4 heteroatoms. The Morgan fingerprint density at radius 3 is 2.80 bits per heavy atom. The van der Waals surface area contributed by atoms with Crippen LogP contribution in [0.4, 0.5) is 0 Å². The van der Waals surface area contributed by atoms with Crippen LogP contribution in [-0.2, 0) is 16.0 Å². The van der Waals surface area contributed by atoms with Gasteiger partial charge in [0.05, 0.1) is 6.61 Å². The van der Waals surface area contributed by atoms with Crippen LogP contribution >= 0.6 is 23.2 Å². The zero-order chi connectivity index (χ0) is 11.3. The minimum atomic E-state index is -0.214. The first kappa shape index (κ1) is 12.3. The summed E-state index contributed by atoms with van der Waals surface area (Å²) in [5, 5.41) is 1.25. The van der Waals surface area contributed by atoms with Crippen LogP contribution in [0.5, 0.6) is 0 Å². The molecule has 0 N–H and O–H groups in total. The van der Waals surface area contributed by atoms with E-state index in [9.17, 15) is 4.79 Å². The molecule has 0 aromatic heterocycles. The minimum Gasteiger partial charge on any atom is -0.466 e. The van der Waals surface area contributed by atoms with E-state index in [0.717, 1.165) is 5.56 Å². The van der Waals surface area contributed by atoms with Gasteiger partial charge in [0, 0.05) is 16.5 Å². The Balaban J connectivity index is 2.57. The van der Waals surface area contributed by atoms with Crippen molar-refractivity contribution in [1.82, 2.24) is 0 Å². The van der Waals surface area contributed by atoms with Crippen molar-refractivity contribution in [2.45, 2.75) is 19.8 Å². The highest BCUT2D eigenvalue weighted by Crippen LogP contribution is 2.21. The molecule has 1 rings (SSSR count). The van der Waals surface area contributed by atoms with E-state index in [2.05, 4.69) is 0 Å². The zero-order valence-electron chi connectivity index (χ0n) is 8.43. The van der Waals surface area contributed by atoms with Gasteiger partial charge in [0.15, 0.2) is 0 Å². The summed E-state index contributed by atoms with van der Waals surface area (Å²) < 4.78 is 4.82. The smallest absolute Gasteiger partial charge is 0.306 e. The molecular formula is C11H12Cl2O2. The number of halogens is 2. The van der Waals surface area contributed by atoms with Gasteiger partial charge in [-0.25, -0.2) is 0 Å². The molecule has 0 amide bonds. The number of carbonyl (C=O) groups excluding carboxylic acids is 1. The molecule has 0 heterocycles. The summed E-state index contributed by atoms with van der Waals surface area (Å²) in [5.74, 6) is -0.214. The van der Waals surface area contributed by atoms with Gasteiger partial charge in [0.1, 0.15) is 0 Å². The maximum atomic E-state index is 11.1. The molecular weight excluding hydrogens is 235 g/mol. The summed E-state index contributed by atoms with van der Waals surface area (Å²) in [6.45, 7) is 2.19. The van der Waals surface area contributed by atoms with Gasteiger partial charge in [-0.3, -0.25) is 4.79 Å². The van der Waals surface area contributed by atoms with Gasteiger partial charge in [-0.05, 0) is 37.1 Å². The van der Waals surface area contributed by atoms with E-state index in [0.29, 0.717) is 29.5 Å². The number of rotatable bonds is 4. The molecule has 15 heavy (non-hydrogen) atoms. The van der Waals surface area contributed by atoms with Crippen LogP contribution in [0, 0.1) is 0 Å². The first-order chi connectivity index (χ1) is 7.13. The predicted molar refractivity (Wildman–Crippen MR) is 61.4 cm³/mol. The van der Waals surface area contributed by atoms with E-state index >= 15 is 0 Å². The van der Waals surface area contributed by atoms with Crippen molar-refractivity contribution in [3.05, 3.63) is 33.8 Å². The summed E-state index contributed by atoms with van der Waals surface area (Å²) in [4.78, 5) is 11.1. The largest absolute Gasteiger partial charge is 0.466 e. The molecule has 0 unspecified atom stereocenters. The van der Waals surface area contributed by atoms with Crippen molar-refractivity contribution < 1.29 is 9.53 Å². The molecule has 82 valence electrons. The fourth-order valence-corrected chi connectivity index (χ4v) is 1.61. The lowest BCUT2D eigenvalue weighted by molar-refractivity contribution is -0.143. The van der Waals surface area contributed by atoms with Crippen molar-refractivity contribution in [1.29, 1.82) is 0 Å². The lowest BCUT2D eigenvalue weighted by Crippen LogP contribution is -2.05. The Bertz CT molecular complexity index is 350. The highest BCUT2D eigenvalue weighted by atomic mass is 35.5. The maximum Gasteiger partial charge on any atom is 0.306 e. The second kappa shape index (κ2) is 5.99. The molecule has 0 aliphatic carbocycles. The molecule has 0 radical (unpaired) electrons. The summed E-state index contributed by atoms with van der Waals surface area (Å²) in [6, 6.07) is 5.21. The third-order valence-corrected chi connectivity index (χ3v) is 2.52. The fraction of sp³-hybridized carbons (Fsp3) is 0.364. The Morgan fingerprint density at radius 1 is 1.40 bits per heavy atom. The predicted octanol–water partition coefficient (Wildman–Crippen LogP) is 3.49. The molecule has 0 aliphatic rings. The van der Waals surface area contributed by atoms with Gasteiger partial charge in [0.2, 0.25) is 0 Å². The van der Waals surface area contributed by atoms with Crippen LogP contribution in [0.3, 0.4) is 0 Å². The molecule has 0 fully saturated rings. The van der Waals surface area contributed by atoms with Gasteiger partial charge in [-0.2, -0.15) is 0 Å². The van der Waals surface area contributed by atoms with Crippen LogP contribution in [-0.4, -0.2) is 12.6 Å². The summed E-state index contributed by atoms with van der Waals surface area (Å²) >= 11 is 11.8. The van der Waals surface area contributed by atoms with Crippen molar-refractivity contribution in [2.24, 2.45) is 0 Å². The second-order valence-corrected chi connectivity index (χ2v) is 3.88. The van der Waals surface area contributed by atoms with E-state index in [1.807, 2.05) is 0 Å². The molecule has 0 saturated carbocycles. The molecule has 0 atom stereocenters. The van der Waals surface area contributed by atoms with Crippen molar-refractivity contribution in [3.63, 3.8) is 0 Å². The zero-order valence-corrected chi connectivity index (χ0v) is 9.94. The first-order valence-corrected chi connectivity index (χ1v) is 5.48. The quantitative estimate of drug-likeness (QED) is 0.761. The van der Waals surface area contributed by atoms with Crippen LogP contribution < -0.4 is 0 Å². The summed E-state index contributed by atoms with van der Waals surface area (Å²) in [5.41, 5.74) is 0.872. The molecule has 0 aliphatic heterocycles. The molecule has 0 bridgehead atoms. The number of carbonyl (C=O) groups is 1. The van der Waals surface area contributed by atoms with Gasteiger partial charge in [0.25, 0.3) is 0 Å². The van der Waals surface area contributed by atoms with E-state index in [1.54, 1.807) is 25.1 Å². The van der Waals surface area contributed by atoms with Crippen LogP contribution in [0.15, 0.2) is 18.2 Å². The first-order valence-electron chi connectivity index (χ1n) is 4.73. The second-order valence-electron chi connectivity index (χ2n) is 3.04. The maximum absolute atomic E-state index is 11.1. The number of benzene rings is 1. The monoisotopic (exact) mass is 246 g/mol. The average molecular weight is 247 g/mol.